The van der Waals surface area contributed by atoms with Crippen LogP contribution in [-0.2, 0) is 4.79 Å². The maximum Gasteiger partial charge on any atom is 0.157 e. The van der Waals surface area contributed by atoms with Crippen LogP contribution in [-0.4, -0.2) is 17.3 Å². The third kappa shape index (κ3) is 3.64. The molecule has 29 heavy (non-hydrogen) atoms. The van der Waals surface area contributed by atoms with E-state index >= 15 is 0 Å². The Kier molecular flexibility index (Phi) is 6.03. The summed E-state index contributed by atoms with van der Waals surface area (Å²) in [6.45, 7) is 7.55. The fourth-order valence-corrected chi connectivity index (χ4v) is 8.75. The van der Waals surface area contributed by atoms with Crippen LogP contribution in [0.4, 0.5) is 0 Å². The summed E-state index contributed by atoms with van der Waals surface area (Å²) >= 11 is 0. The number of nitrogens with zero attached hydrogens (tertiary/aromatic N) is 1. The normalized spacial score (nSPS) is 46.8. The zero-order valence-corrected chi connectivity index (χ0v) is 18.9. The lowest BCUT2D eigenvalue weighted by atomic mass is 9.48. The van der Waals surface area contributed by atoms with E-state index in [0.717, 1.165) is 41.9 Å². The van der Waals surface area contributed by atoms with Crippen molar-refractivity contribution in [3.63, 3.8) is 0 Å². The minimum atomic E-state index is 0.166. The van der Waals surface area contributed by atoms with Crippen molar-refractivity contribution < 1.29 is 4.79 Å². The van der Waals surface area contributed by atoms with E-state index in [9.17, 15) is 4.79 Å². The molecular formula is C25H43N3O. The lowest BCUT2D eigenvalue weighted by molar-refractivity contribution is -0.131. The maximum absolute atomic E-state index is 13.3. The van der Waals surface area contributed by atoms with Gasteiger partial charge in [0.15, 0.2) is 5.78 Å². The minimum absolute atomic E-state index is 0.166. The minimum Gasteiger partial charge on any atom is -0.403 e. The van der Waals surface area contributed by atoms with Gasteiger partial charge in [-0.3, -0.25) is 4.79 Å². The number of ketones is 1. The molecule has 4 nitrogen and oxygen atoms in total. The highest BCUT2D eigenvalue weighted by molar-refractivity contribution is 5.84. The summed E-state index contributed by atoms with van der Waals surface area (Å²) < 4.78 is 0. The van der Waals surface area contributed by atoms with Gasteiger partial charge >= 0.3 is 0 Å². The van der Waals surface area contributed by atoms with E-state index in [-0.39, 0.29) is 17.9 Å². The van der Waals surface area contributed by atoms with Gasteiger partial charge in [-0.15, -0.1) is 0 Å². The van der Waals surface area contributed by atoms with Crippen LogP contribution in [0, 0.1) is 52.8 Å². The first-order valence-electron chi connectivity index (χ1n) is 12.3. The van der Waals surface area contributed by atoms with Crippen molar-refractivity contribution in [3.05, 3.63) is 12.4 Å². The number of carbonyl (C=O) groups excluding carboxylic acids is 1. The molecule has 0 saturated heterocycles. The van der Waals surface area contributed by atoms with Gasteiger partial charge in [0, 0.05) is 18.3 Å². The van der Waals surface area contributed by atoms with Crippen molar-refractivity contribution in [3.8, 4) is 0 Å². The van der Waals surface area contributed by atoms with Crippen LogP contribution in [0.15, 0.2) is 12.4 Å². The van der Waals surface area contributed by atoms with Crippen molar-refractivity contribution in [2.24, 2.45) is 64.3 Å². The van der Waals surface area contributed by atoms with Crippen molar-refractivity contribution >= 4 is 5.78 Å². The van der Waals surface area contributed by atoms with Crippen molar-refractivity contribution in [2.75, 3.05) is 6.54 Å². The van der Waals surface area contributed by atoms with Gasteiger partial charge in [-0.1, -0.05) is 33.6 Å². The molecule has 9 atom stereocenters. The Morgan fingerprint density at radius 2 is 1.86 bits per heavy atom. The second-order valence-corrected chi connectivity index (χ2v) is 11.3. The van der Waals surface area contributed by atoms with Crippen LogP contribution in [0.1, 0.15) is 78.6 Å². The molecule has 164 valence electrons. The number of rotatable bonds is 5. The Morgan fingerprint density at radius 3 is 2.59 bits per heavy atom. The first-order chi connectivity index (χ1) is 13.9. The van der Waals surface area contributed by atoms with E-state index in [1.165, 1.54) is 62.6 Å². The monoisotopic (exact) mass is 401 g/mol. The van der Waals surface area contributed by atoms with Gasteiger partial charge < -0.3 is 10.7 Å². The SMILES string of the molecule is CCC1C[C@H](C(=O)CN(N)/C=C\N)C2(C)CCC3C4CCC(C)CC4CCC3C12. The summed E-state index contributed by atoms with van der Waals surface area (Å²) in [6, 6.07) is 0. The van der Waals surface area contributed by atoms with E-state index < -0.39 is 0 Å². The molecule has 0 heterocycles. The smallest absolute Gasteiger partial charge is 0.157 e. The number of hydrazine groups is 1. The fraction of sp³-hybridized carbons (Fsp3) is 0.880. The molecule has 4 aliphatic carbocycles. The molecule has 4 N–H and O–H groups in total. The lowest BCUT2D eigenvalue weighted by Gasteiger charge is -2.57. The van der Waals surface area contributed by atoms with Gasteiger partial charge in [-0.05, 0) is 91.8 Å². The Hall–Kier alpha value is -1.03. The van der Waals surface area contributed by atoms with Crippen LogP contribution in [0.5, 0.6) is 0 Å². The molecule has 4 saturated carbocycles. The third-order valence-electron chi connectivity index (χ3n) is 9.88. The molecule has 4 fully saturated rings. The zero-order chi connectivity index (χ0) is 20.8. The van der Waals surface area contributed by atoms with Crippen LogP contribution in [0.2, 0.25) is 0 Å². The predicted molar refractivity (Wildman–Crippen MR) is 118 cm³/mol. The Morgan fingerprint density at radius 1 is 1.10 bits per heavy atom. The van der Waals surface area contributed by atoms with Gasteiger partial charge in [-0.25, -0.2) is 5.84 Å². The number of carbonyl (C=O) groups is 1. The fourth-order valence-electron chi connectivity index (χ4n) is 8.75. The van der Waals surface area contributed by atoms with E-state index in [1.807, 2.05) is 0 Å². The zero-order valence-electron chi connectivity index (χ0n) is 18.9. The van der Waals surface area contributed by atoms with Gasteiger partial charge in [0.1, 0.15) is 0 Å². The summed E-state index contributed by atoms with van der Waals surface area (Å²) in [6.07, 6.45) is 15.1. The average Bonchev–Trinajstić information content (AvgIpc) is 3.00. The molecule has 0 aliphatic heterocycles. The molecular weight excluding hydrogens is 358 g/mol. The van der Waals surface area contributed by atoms with Crippen LogP contribution in [0.3, 0.4) is 0 Å². The summed E-state index contributed by atoms with van der Waals surface area (Å²) in [5, 5.41) is 1.46. The predicted octanol–water partition coefficient (Wildman–Crippen LogP) is 4.70. The summed E-state index contributed by atoms with van der Waals surface area (Å²) in [7, 11) is 0. The Bertz CT molecular complexity index is 634. The number of Topliss-reactive ketones (excluding diaryl/α,β-unsaturated/α-hetero) is 1. The molecule has 0 radical (unpaired) electrons. The quantitative estimate of drug-likeness (QED) is 0.517. The number of hydrogen-bond donors (Lipinski definition) is 2. The molecule has 0 aromatic carbocycles. The van der Waals surface area contributed by atoms with E-state index in [4.69, 9.17) is 11.6 Å². The van der Waals surface area contributed by atoms with Crippen molar-refractivity contribution in [1.29, 1.82) is 0 Å². The summed E-state index contributed by atoms with van der Waals surface area (Å²) in [5.41, 5.74) is 5.62. The molecule has 4 heteroatoms. The number of fused-ring (bicyclic) bond motifs is 5. The second-order valence-electron chi connectivity index (χ2n) is 11.3. The molecule has 0 amide bonds. The van der Waals surface area contributed by atoms with Crippen molar-refractivity contribution in [2.45, 2.75) is 78.6 Å². The highest BCUT2D eigenvalue weighted by Gasteiger charge is 2.61. The molecule has 0 aromatic rings. The first kappa shape index (κ1) is 21.2. The Labute approximate surface area is 177 Å². The molecule has 8 unspecified atom stereocenters. The van der Waals surface area contributed by atoms with Gasteiger partial charge in [0.05, 0.1) is 6.54 Å². The van der Waals surface area contributed by atoms with E-state index in [1.54, 1.807) is 6.20 Å². The van der Waals surface area contributed by atoms with Gasteiger partial charge in [0.2, 0.25) is 0 Å². The van der Waals surface area contributed by atoms with Gasteiger partial charge in [-0.2, -0.15) is 0 Å². The summed E-state index contributed by atoms with van der Waals surface area (Å²) in [5.74, 6) is 12.6. The molecule has 4 aliphatic rings. The largest absolute Gasteiger partial charge is 0.403 e. The average molecular weight is 402 g/mol. The standard InChI is InChI=1S/C25H43N3O/c1-4-17-14-22(23(29)15-28(27)12-11-26)25(3)10-9-20-19-7-5-16(2)13-18(19)6-8-21(20)24(17)25/h11-12,16-22,24H,4-10,13-15,26-27H2,1-3H3/b12-11-/t16?,17?,18?,19?,20?,21?,22-,24?,25?/m1/s1. The number of nitrogens with two attached hydrogens (primary N) is 2. The van der Waals surface area contributed by atoms with Gasteiger partial charge in [0.25, 0.3) is 0 Å². The van der Waals surface area contributed by atoms with E-state index in [0.29, 0.717) is 11.7 Å². The molecule has 0 spiro atoms. The molecule has 0 aromatic heterocycles. The van der Waals surface area contributed by atoms with Crippen LogP contribution in [0.25, 0.3) is 0 Å². The van der Waals surface area contributed by atoms with E-state index in [2.05, 4.69) is 20.8 Å². The van der Waals surface area contributed by atoms with Crippen LogP contribution < -0.4 is 11.6 Å². The highest BCUT2D eigenvalue weighted by atomic mass is 16.1. The summed E-state index contributed by atoms with van der Waals surface area (Å²) in [4.78, 5) is 13.3. The lowest BCUT2D eigenvalue weighted by Crippen LogP contribution is -2.51. The Balaban J connectivity index is 1.55. The first-order valence-corrected chi connectivity index (χ1v) is 12.3. The van der Waals surface area contributed by atoms with Crippen molar-refractivity contribution in [1.82, 2.24) is 5.01 Å². The molecule has 0 bridgehead atoms. The topological polar surface area (TPSA) is 72.3 Å². The maximum atomic E-state index is 13.3. The third-order valence-corrected chi connectivity index (χ3v) is 9.88. The number of hydrogen-bond acceptors (Lipinski definition) is 4. The molecule has 4 rings (SSSR count). The van der Waals surface area contributed by atoms with Crippen LogP contribution >= 0.6 is 0 Å². The second kappa shape index (κ2) is 8.24. The highest BCUT2D eigenvalue weighted by Crippen LogP contribution is 2.66.